The lowest BCUT2D eigenvalue weighted by molar-refractivity contribution is -0.109. The van der Waals surface area contributed by atoms with Gasteiger partial charge in [-0.25, -0.2) is 0 Å². The summed E-state index contributed by atoms with van der Waals surface area (Å²) in [6, 6.07) is 14.0. The molecule has 114 valence electrons. The van der Waals surface area contributed by atoms with Crippen molar-refractivity contribution in [2.45, 2.75) is 12.3 Å². The van der Waals surface area contributed by atoms with Crippen molar-refractivity contribution in [3.8, 4) is 11.5 Å². The number of carbonyl (C=O) groups is 2. The lowest BCUT2D eigenvalue weighted by Crippen LogP contribution is -2.09. The summed E-state index contributed by atoms with van der Waals surface area (Å²) >= 11 is 0. The van der Waals surface area contributed by atoms with Gasteiger partial charge in [0.1, 0.15) is 17.8 Å². The zero-order valence-corrected chi connectivity index (χ0v) is 12.6. The number of hydrogen-bond donors (Lipinski definition) is 0. The molecule has 0 aliphatic rings. The fraction of sp³-hybridized carbons (Fsp3) is 0.222. The van der Waals surface area contributed by atoms with Gasteiger partial charge in [-0.1, -0.05) is 12.1 Å². The molecule has 4 nitrogen and oxygen atoms in total. The van der Waals surface area contributed by atoms with E-state index in [0.717, 1.165) is 17.6 Å². The molecule has 0 spiro atoms. The summed E-state index contributed by atoms with van der Waals surface area (Å²) in [7, 11) is 3.16. The molecule has 0 radical (unpaired) electrons. The summed E-state index contributed by atoms with van der Waals surface area (Å²) in [5.41, 5.74) is 1.37. The average molecular weight is 298 g/mol. The lowest BCUT2D eigenvalue weighted by Gasteiger charge is -2.11. The largest absolute Gasteiger partial charge is 0.497 e. The average Bonchev–Trinajstić information content (AvgIpc) is 2.59. The Kier molecular flexibility index (Phi) is 5.31. The molecule has 2 aromatic rings. The maximum atomic E-state index is 12.3. The molecular formula is C18H18O4. The number of ether oxygens (including phenoxy) is 2. The summed E-state index contributed by atoms with van der Waals surface area (Å²) < 4.78 is 10.2. The highest BCUT2D eigenvalue weighted by atomic mass is 16.5. The number of aldehydes is 1. The Morgan fingerprint density at radius 3 is 1.91 bits per heavy atom. The molecule has 0 amide bonds. The predicted octanol–water partition coefficient (Wildman–Crippen LogP) is 3.26. The van der Waals surface area contributed by atoms with Crippen molar-refractivity contribution < 1.29 is 19.1 Å². The van der Waals surface area contributed by atoms with E-state index in [2.05, 4.69) is 0 Å². The van der Waals surface area contributed by atoms with Gasteiger partial charge in [0.05, 0.1) is 14.2 Å². The van der Waals surface area contributed by atoms with E-state index >= 15 is 0 Å². The second-order valence-electron chi connectivity index (χ2n) is 4.87. The van der Waals surface area contributed by atoms with Crippen LogP contribution in [0.2, 0.25) is 0 Å². The zero-order valence-electron chi connectivity index (χ0n) is 12.6. The highest BCUT2D eigenvalue weighted by molar-refractivity contribution is 5.98. The van der Waals surface area contributed by atoms with Gasteiger partial charge in [-0.15, -0.1) is 0 Å². The van der Waals surface area contributed by atoms with Crippen molar-refractivity contribution >= 4 is 12.1 Å². The predicted molar refractivity (Wildman–Crippen MR) is 83.7 cm³/mol. The zero-order chi connectivity index (χ0) is 15.9. The molecule has 0 bridgehead atoms. The van der Waals surface area contributed by atoms with E-state index in [1.807, 2.05) is 0 Å². The molecule has 2 aromatic carbocycles. The smallest absolute Gasteiger partial charge is 0.163 e. The minimum Gasteiger partial charge on any atom is -0.497 e. The summed E-state index contributed by atoms with van der Waals surface area (Å²) in [6.07, 6.45) is 0.950. The van der Waals surface area contributed by atoms with Gasteiger partial charge in [0.25, 0.3) is 0 Å². The summed E-state index contributed by atoms with van der Waals surface area (Å²) in [5, 5.41) is 0. The fourth-order valence-corrected chi connectivity index (χ4v) is 2.19. The van der Waals surface area contributed by atoms with Crippen LogP contribution in [-0.2, 0) is 4.79 Å². The van der Waals surface area contributed by atoms with Crippen molar-refractivity contribution in [1.82, 2.24) is 0 Å². The molecule has 22 heavy (non-hydrogen) atoms. The molecule has 1 unspecified atom stereocenters. The Morgan fingerprint density at radius 1 is 0.955 bits per heavy atom. The van der Waals surface area contributed by atoms with Crippen LogP contribution in [0, 0.1) is 0 Å². The van der Waals surface area contributed by atoms with E-state index in [9.17, 15) is 9.59 Å². The van der Waals surface area contributed by atoms with Crippen molar-refractivity contribution in [3.05, 3.63) is 59.7 Å². The Hall–Kier alpha value is -2.62. The number of methoxy groups -OCH3 is 2. The van der Waals surface area contributed by atoms with Crippen LogP contribution in [0.4, 0.5) is 0 Å². The Balaban J connectivity index is 2.10. The van der Waals surface area contributed by atoms with Crippen molar-refractivity contribution in [3.63, 3.8) is 0 Å². The van der Waals surface area contributed by atoms with Crippen LogP contribution >= 0.6 is 0 Å². The van der Waals surface area contributed by atoms with Crippen LogP contribution in [-0.4, -0.2) is 26.3 Å². The summed E-state index contributed by atoms with van der Waals surface area (Å²) in [6.45, 7) is 0. The SMILES string of the molecule is COc1ccc(C(=O)CC(C=O)c2ccc(OC)cc2)cc1. The fourth-order valence-electron chi connectivity index (χ4n) is 2.19. The van der Waals surface area contributed by atoms with Crippen LogP contribution in [0.1, 0.15) is 28.3 Å². The number of Topliss-reactive ketones (excluding diaryl/α,β-unsaturated/α-hetero) is 1. The minimum absolute atomic E-state index is 0.0735. The molecule has 0 aliphatic carbocycles. The lowest BCUT2D eigenvalue weighted by atomic mass is 9.93. The quantitative estimate of drug-likeness (QED) is 0.581. The van der Waals surface area contributed by atoms with Gasteiger partial charge in [-0.05, 0) is 42.0 Å². The van der Waals surface area contributed by atoms with E-state index in [1.54, 1.807) is 62.8 Å². The molecular weight excluding hydrogens is 280 g/mol. The van der Waals surface area contributed by atoms with Crippen LogP contribution in [0.3, 0.4) is 0 Å². The van der Waals surface area contributed by atoms with Crippen molar-refractivity contribution in [2.24, 2.45) is 0 Å². The van der Waals surface area contributed by atoms with E-state index in [4.69, 9.17) is 9.47 Å². The third-order valence-electron chi connectivity index (χ3n) is 3.53. The second kappa shape index (κ2) is 7.41. The molecule has 4 heteroatoms. The molecule has 0 N–H and O–H groups in total. The van der Waals surface area contributed by atoms with E-state index in [0.29, 0.717) is 11.3 Å². The first-order valence-electron chi connectivity index (χ1n) is 6.94. The Morgan fingerprint density at radius 2 is 1.45 bits per heavy atom. The maximum absolute atomic E-state index is 12.3. The highest BCUT2D eigenvalue weighted by Gasteiger charge is 2.17. The van der Waals surface area contributed by atoms with Gasteiger partial charge < -0.3 is 14.3 Å². The first kappa shape index (κ1) is 15.8. The Bertz CT molecular complexity index is 629. The van der Waals surface area contributed by atoms with E-state index < -0.39 is 5.92 Å². The van der Waals surface area contributed by atoms with Gasteiger partial charge in [-0.3, -0.25) is 4.79 Å². The number of ketones is 1. The first-order valence-corrected chi connectivity index (χ1v) is 6.94. The second-order valence-corrected chi connectivity index (χ2v) is 4.87. The van der Waals surface area contributed by atoms with Gasteiger partial charge in [-0.2, -0.15) is 0 Å². The van der Waals surface area contributed by atoms with Crippen LogP contribution in [0.25, 0.3) is 0 Å². The summed E-state index contributed by atoms with van der Waals surface area (Å²) in [4.78, 5) is 23.6. The number of carbonyl (C=O) groups excluding carboxylic acids is 2. The minimum atomic E-state index is -0.458. The van der Waals surface area contributed by atoms with Crippen LogP contribution in [0.15, 0.2) is 48.5 Å². The monoisotopic (exact) mass is 298 g/mol. The first-order chi connectivity index (χ1) is 10.7. The molecule has 0 heterocycles. The van der Waals surface area contributed by atoms with Gasteiger partial charge >= 0.3 is 0 Å². The summed E-state index contributed by atoms with van der Waals surface area (Å²) in [5.74, 6) is 0.879. The molecule has 2 rings (SSSR count). The highest BCUT2D eigenvalue weighted by Crippen LogP contribution is 2.23. The third kappa shape index (κ3) is 3.73. The number of rotatable bonds is 7. The van der Waals surface area contributed by atoms with Crippen molar-refractivity contribution in [2.75, 3.05) is 14.2 Å². The molecule has 0 saturated heterocycles. The molecule has 0 saturated carbocycles. The maximum Gasteiger partial charge on any atom is 0.163 e. The molecule has 0 aromatic heterocycles. The van der Waals surface area contributed by atoms with Crippen LogP contribution in [0.5, 0.6) is 11.5 Å². The number of benzene rings is 2. The number of hydrogen-bond acceptors (Lipinski definition) is 4. The normalized spacial score (nSPS) is 11.5. The molecule has 0 fully saturated rings. The van der Waals surface area contributed by atoms with E-state index in [-0.39, 0.29) is 12.2 Å². The van der Waals surface area contributed by atoms with E-state index in [1.165, 1.54) is 0 Å². The molecule has 1 atom stereocenters. The van der Waals surface area contributed by atoms with Gasteiger partial charge in [0.15, 0.2) is 5.78 Å². The topological polar surface area (TPSA) is 52.6 Å². The molecule has 0 aliphatic heterocycles. The van der Waals surface area contributed by atoms with Crippen LogP contribution < -0.4 is 9.47 Å². The standard InChI is InChI=1S/C18H18O4/c1-21-16-7-3-13(4-8-16)15(12-19)11-18(20)14-5-9-17(22-2)10-6-14/h3-10,12,15H,11H2,1-2H3. The Labute approximate surface area is 129 Å². The van der Waals surface area contributed by atoms with Gasteiger partial charge in [0, 0.05) is 17.9 Å². The van der Waals surface area contributed by atoms with Gasteiger partial charge in [0.2, 0.25) is 0 Å². The third-order valence-corrected chi connectivity index (χ3v) is 3.53. The van der Waals surface area contributed by atoms with Crippen molar-refractivity contribution in [1.29, 1.82) is 0 Å².